The third-order valence-corrected chi connectivity index (χ3v) is 8.69. The number of likely N-dealkylation sites (tertiary alicyclic amines) is 2. The Bertz CT molecular complexity index is 1180. The molecule has 1 spiro atoms. The molecule has 1 aliphatic carbocycles. The van der Waals surface area contributed by atoms with Gasteiger partial charge in [0.25, 0.3) is 0 Å². The van der Waals surface area contributed by atoms with Crippen molar-refractivity contribution >= 4 is 17.8 Å². The summed E-state index contributed by atoms with van der Waals surface area (Å²) >= 11 is 0. The van der Waals surface area contributed by atoms with E-state index >= 15 is 0 Å². The highest BCUT2D eigenvalue weighted by Crippen LogP contribution is 2.52. The van der Waals surface area contributed by atoms with Gasteiger partial charge in [-0.25, -0.2) is 4.79 Å². The van der Waals surface area contributed by atoms with E-state index in [1.54, 1.807) is 0 Å². The summed E-state index contributed by atoms with van der Waals surface area (Å²) in [6.45, 7) is 4.61. The number of ether oxygens (including phenoxy) is 1. The monoisotopic (exact) mass is 472 g/mol. The highest BCUT2D eigenvalue weighted by Gasteiger charge is 2.57. The molecule has 0 N–H and O–H groups in total. The van der Waals surface area contributed by atoms with Gasteiger partial charge in [-0.3, -0.25) is 9.59 Å². The number of fused-ring (bicyclic) bond motifs is 2. The lowest BCUT2D eigenvalue weighted by Crippen LogP contribution is -2.40. The fourth-order valence-corrected chi connectivity index (χ4v) is 6.42. The summed E-state index contributed by atoms with van der Waals surface area (Å²) in [6.07, 6.45) is 4.93. The van der Waals surface area contributed by atoms with Crippen LogP contribution < -0.4 is 0 Å². The second-order valence-corrected chi connectivity index (χ2v) is 10.6. The summed E-state index contributed by atoms with van der Waals surface area (Å²) in [5.41, 5.74) is 2.80. The maximum absolute atomic E-state index is 13.7. The molecule has 4 aliphatic rings. The number of hydrogen-bond donors (Lipinski definition) is 0. The number of hydrogen-bond acceptors (Lipinski definition) is 4. The number of esters is 1. The minimum absolute atomic E-state index is 0.161. The normalized spacial score (nSPS) is 25.0. The quantitative estimate of drug-likeness (QED) is 0.628. The van der Waals surface area contributed by atoms with Crippen molar-refractivity contribution in [3.63, 3.8) is 0 Å². The van der Waals surface area contributed by atoms with Crippen molar-refractivity contribution in [2.45, 2.75) is 62.4 Å². The van der Waals surface area contributed by atoms with Gasteiger partial charge in [0, 0.05) is 38.0 Å². The van der Waals surface area contributed by atoms with E-state index < -0.39 is 11.0 Å². The fourth-order valence-electron chi connectivity index (χ4n) is 6.42. The number of piperidine rings is 1. The molecule has 6 rings (SSSR count). The van der Waals surface area contributed by atoms with Crippen molar-refractivity contribution in [1.82, 2.24) is 9.80 Å². The molecule has 2 aromatic rings. The zero-order valence-corrected chi connectivity index (χ0v) is 20.3. The van der Waals surface area contributed by atoms with Gasteiger partial charge in [0.15, 0.2) is 5.60 Å². The van der Waals surface area contributed by atoms with Crippen LogP contribution in [0.4, 0.5) is 0 Å². The topological polar surface area (TPSA) is 66.9 Å². The third kappa shape index (κ3) is 3.57. The Labute approximate surface area is 206 Å². The van der Waals surface area contributed by atoms with Crippen molar-refractivity contribution in [2.75, 3.05) is 26.2 Å². The van der Waals surface area contributed by atoms with Crippen LogP contribution in [0.5, 0.6) is 0 Å². The van der Waals surface area contributed by atoms with E-state index in [1.165, 1.54) is 5.56 Å². The predicted molar refractivity (Wildman–Crippen MR) is 131 cm³/mol. The van der Waals surface area contributed by atoms with Crippen LogP contribution >= 0.6 is 0 Å². The minimum Gasteiger partial charge on any atom is -0.449 e. The first-order valence-electron chi connectivity index (χ1n) is 13.0. The van der Waals surface area contributed by atoms with Crippen molar-refractivity contribution in [1.29, 1.82) is 0 Å². The van der Waals surface area contributed by atoms with Gasteiger partial charge in [0.1, 0.15) is 0 Å². The Morgan fingerprint density at radius 3 is 2.34 bits per heavy atom. The van der Waals surface area contributed by atoms with Crippen molar-refractivity contribution in [3.8, 4) is 0 Å². The molecule has 3 fully saturated rings. The third-order valence-electron chi connectivity index (χ3n) is 8.69. The van der Waals surface area contributed by atoms with E-state index in [0.717, 1.165) is 49.9 Å². The molecule has 0 bridgehead atoms. The molecule has 0 aromatic heterocycles. The molecule has 6 heteroatoms. The van der Waals surface area contributed by atoms with Crippen LogP contribution in [0.3, 0.4) is 0 Å². The summed E-state index contributed by atoms with van der Waals surface area (Å²) in [6, 6.07) is 16.2. The van der Waals surface area contributed by atoms with E-state index in [1.807, 2.05) is 41.0 Å². The first kappa shape index (κ1) is 22.3. The van der Waals surface area contributed by atoms with Gasteiger partial charge in [-0.15, -0.1) is 0 Å². The average molecular weight is 473 g/mol. The second-order valence-electron chi connectivity index (χ2n) is 10.6. The highest BCUT2D eigenvalue weighted by atomic mass is 16.6. The zero-order valence-electron chi connectivity index (χ0n) is 20.3. The molecule has 182 valence electrons. The van der Waals surface area contributed by atoms with Gasteiger partial charge in [-0.2, -0.15) is 0 Å². The molecule has 35 heavy (non-hydrogen) atoms. The lowest BCUT2D eigenvalue weighted by Gasteiger charge is -2.32. The highest BCUT2D eigenvalue weighted by molar-refractivity contribution is 5.96. The van der Waals surface area contributed by atoms with Gasteiger partial charge in [-0.1, -0.05) is 49.4 Å². The minimum atomic E-state index is -0.697. The van der Waals surface area contributed by atoms with E-state index in [4.69, 9.17) is 4.74 Å². The number of amides is 2. The second kappa shape index (κ2) is 8.21. The van der Waals surface area contributed by atoms with Crippen LogP contribution in [-0.2, 0) is 25.3 Å². The molecule has 3 heterocycles. The maximum atomic E-state index is 13.7. The fraction of sp³-hybridized carbons (Fsp3) is 0.483. The van der Waals surface area contributed by atoms with Crippen LogP contribution in [0, 0.1) is 0 Å². The van der Waals surface area contributed by atoms with Crippen LogP contribution in [0.2, 0.25) is 0 Å². The number of carbonyl (C=O) groups excluding carboxylic acids is 3. The Kier molecular flexibility index (Phi) is 5.24. The Hall–Kier alpha value is -3.15. The molecule has 2 saturated heterocycles. The van der Waals surface area contributed by atoms with Crippen molar-refractivity contribution in [3.05, 3.63) is 70.8 Å². The van der Waals surface area contributed by atoms with Gasteiger partial charge in [0.2, 0.25) is 11.8 Å². The number of nitrogens with zero attached hydrogens (tertiary/aromatic N) is 2. The molecule has 0 radical (unpaired) electrons. The Morgan fingerprint density at radius 2 is 1.66 bits per heavy atom. The summed E-state index contributed by atoms with van der Waals surface area (Å²) in [5, 5.41) is 0. The molecule has 1 saturated carbocycles. The van der Waals surface area contributed by atoms with E-state index in [2.05, 4.69) is 24.3 Å². The smallest absolute Gasteiger partial charge is 0.339 e. The summed E-state index contributed by atoms with van der Waals surface area (Å²) in [4.78, 5) is 42.0. The van der Waals surface area contributed by atoms with Crippen molar-refractivity contribution in [2.24, 2.45) is 0 Å². The maximum Gasteiger partial charge on any atom is 0.339 e. The standard InChI is InChI=1S/C29H32N2O4/c1-2-25(32)30-16-11-21(12-17-30)20-7-9-22(10-8-20)28(13-14-28)27(34)31-18-15-29(19-31)24-6-4-3-5-23(24)26(33)35-29/h3-10,21H,2,11-19H2,1H3. The number of benzene rings is 2. The summed E-state index contributed by atoms with van der Waals surface area (Å²) in [7, 11) is 0. The molecule has 2 amide bonds. The molecule has 2 aromatic carbocycles. The van der Waals surface area contributed by atoms with Crippen molar-refractivity contribution < 1.29 is 19.1 Å². The Morgan fingerprint density at radius 1 is 0.943 bits per heavy atom. The summed E-state index contributed by atoms with van der Waals surface area (Å²) < 4.78 is 5.85. The van der Waals surface area contributed by atoms with Gasteiger partial charge < -0.3 is 14.5 Å². The lowest BCUT2D eigenvalue weighted by atomic mass is 9.86. The molecule has 6 nitrogen and oxygen atoms in total. The SMILES string of the molecule is CCC(=O)N1CCC(c2ccc(C3(C(=O)N4CCC5(C4)OC(=O)c4ccccc45)CC3)cc2)CC1. The van der Waals surface area contributed by atoms with E-state index in [0.29, 0.717) is 37.4 Å². The van der Waals surface area contributed by atoms with Crippen LogP contribution in [-0.4, -0.2) is 53.8 Å². The largest absolute Gasteiger partial charge is 0.449 e. The molecule has 1 unspecified atom stereocenters. The van der Waals surface area contributed by atoms with E-state index in [-0.39, 0.29) is 17.8 Å². The van der Waals surface area contributed by atoms with Crippen LogP contribution in [0.1, 0.15) is 78.4 Å². The lowest BCUT2D eigenvalue weighted by molar-refractivity contribution is -0.134. The predicted octanol–water partition coefficient (Wildman–Crippen LogP) is 4.13. The molecular formula is C29H32N2O4. The first-order chi connectivity index (χ1) is 17.0. The number of carbonyl (C=O) groups is 3. The molecule has 3 aliphatic heterocycles. The number of rotatable bonds is 4. The van der Waals surface area contributed by atoms with Crippen LogP contribution in [0.15, 0.2) is 48.5 Å². The zero-order chi connectivity index (χ0) is 24.2. The first-order valence-corrected chi connectivity index (χ1v) is 13.0. The summed E-state index contributed by atoms with van der Waals surface area (Å²) in [5.74, 6) is 0.587. The van der Waals surface area contributed by atoms with E-state index in [9.17, 15) is 14.4 Å². The van der Waals surface area contributed by atoms with Gasteiger partial charge in [0.05, 0.1) is 17.5 Å². The Balaban J connectivity index is 1.15. The molecular weight excluding hydrogens is 440 g/mol. The van der Waals surface area contributed by atoms with Crippen LogP contribution in [0.25, 0.3) is 0 Å². The molecule has 1 atom stereocenters. The van der Waals surface area contributed by atoms with Gasteiger partial charge >= 0.3 is 5.97 Å². The van der Waals surface area contributed by atoms with Gasteiger partial charge in [-0.05, 0) is 48.8 Å². The average Bonchev–Trinajstić information content (AvgIpc) is 3.54.